The zero-order valence-electron chi connectivity index (χ0n) is 10.2. The molecule has 0 spiro atoms. The lowest BCUT2D eigenvalue weighted by Crippen LogP contribution is -2.18. The number of hydrogen-bond acceptors (Lipinski definition) is 3. The van der Waals surface area contributed by atoms with Gasteiger partial charge in [0.25, 0.3) is 0 Å². The fourth-order valence-electron chi connectivity index (χ4n) is 1.60. The third-order valence-electron chi connectivity index (χ3n) is 2.62. The summed E-state index contributed by atoms with van der Waals surface area (Å²) in [7, 11) is 0. The largest absolute Gasteiger partial charge is 0.444 e. The predicted octanol–water partition coefficient (Wildman–Crippen LogP) is 4.14. The molecule has 0 aliphatic carbocycles. The van der Waals surface area contributed by atoms with Crippen molar-refractivity contribution in [2.24, 2.45) is 0 Å². The molecule has 1 aromatic carbocycles. The van der Waals surface area contributed by atoms with Crippen molar-refractivity contribution in [2.45, 2.75) is 26.4 Å². The lowest BCUT2D eigenvalue weighted by molar-refractivity contribution is 0.402. The number of hydrogen-bond donors (Lipinski definition) is 1. The highest BCUT2D eigenvalue weighted by Crippen LogP contribution is 2.21. The molecule has 2 aromatic rings. The van der Waals surface area contributed by atoms with Crippen molar-refractivity contribution in [2.75, 3.05) is 0 Å². The molecule has 0 bridgehead atoms. The summed E-state index contributed by atoms with van der Waals surface area (Å²) in [6.07, 6.45) is 1.71. The van der Waals surface area contributed by atoms with Crippen LogP contribution >= 0.6 is 23.2 Å². The van der Waals surface area contributed by atoms with Crippen LogP contribution in [0.5, 0.6) is 0 Å². The first kappa shape index (κ1) is 13.4. The fourth-order valence-corrected chi connectivity index (χ4v) is 1.98. The summed E-state index contributed by atoms with van der Waals surface area (Å²) in [6, 6.07) is 5.44. The van der Waals surface area contributed by atoms with E-state index in [1.165, 1.54) is 0 Å². The molecule has 0 aliphatic heterocycles. The Balaban J connectivity index is 2.01. The maximum Gasteiger partial charge on any atom is 0.211 e. The normalized spacial score (nSPS) is 12.7. The Morgan fingerprint density at radius 2 is 2.17 bits per heavy atom. The smallest absolute Gasteiger partial charge is 0.211 e. The number of oxazole rings is 1. The second-order valence-electron chi connectivity index (χ2n) is 4.15. The summed E-state index contributed by atoms with van der Waals surface area (Å²) in [4.78, 5) is 4.18. The van der Waals surface area contributed by atoms with E-state index in [0.29, 0.717) is 22.5 Å². The summed E-state index contributed by atoms with van der Waals surface area (Å²) >= 11 is 12.0. The van der Waals surface area contributed by atoms with Gasteiger partial charge >= 0.3 is 0 Å². The van der Waals surface area contributed by atoms with Crippen molar-refractivity contribution < 1.29 is 4.42 Å². The van der Waals surface area contributed by atoms with E-state index in [1.807, 2.05) is 19.9 Å². The molecule has 0 amide bonds. The minimum Gasteiger partial charge on any atom is -0.444 e. The van der Waals surface area contributed by atoms with Crippen LogP contribution < -0.4 is 5.32 Å². The molecule has 18 heavy (non-hydrogen) atoms. The van der Waals surface area contributed by atoms with Crippen molar-refractivity contribution >= 4 is 23.2 Å². The molecule has 0 saturated heterocycles. The predicted molar refractivity (Wildman–Crippen MR) is 73.0 cm³/mol. The summed E-state index contributed by atoms with van der Waals surface area (Å²) in [5, 5.41) is 4.67. The van der Waals surface area contributed by atoms with E-state index < -0.39 is 0 Å². The third-order valence-corrected chi connectivity index (χ3v) is 3.22. The van der Waals surface area contributed by atoms with Gasteiger partial charge in [0, 0.05) is 16.6 Å². The van der Waals surface area contributed by atoms with Crippen molar-refractivity contribution in [1.29, 1.82) is 0 Å². The number of nitrogens with zero attached hydrogens (tertiary/aromatic N) is 1. The number of aromatic nitrogens is 1. The number of halogens is 2. The van der Waals surface area contributed by atoms with Gasteiger partial charge in [-0.3, -0.25) is 0 Å². The first-order valence-electron chi connectivity index (χ1n) is 5.66. The Labute approximate surface area is 116 Å². The van der Waals surface area contributed by atoms with Gasteiger partial charge in [-0.15, -0.1) is 0 Å². The number of benzene rings is 1. The van der Waals surface area contributed by atoms with Crippen LogP contribution in [0.25, 0.3) is 0 Å². The average Bonchev–Trinajstić information content (AvgIpc) is 2.77. The molecule has 0 aliphatic rings. The van der Waals surface area contributed by atoms with Crippen LogP contribution in [0.1, 0.15) is 30.2 Å². The molecule has 1 heterocycles. The van der Waals surface area contributed by atoms with E-state index in [4.69, 9.17) is 27.6 Å². The van der Waals surface area contributed by atoms with Crippen LogP contribution in [0.15, 0.2) is 28.8 Å². The van der Waals surface area contributed by atoms with Crippen LogP contribution in [-0.2, 0) is 6.54 Å². The van der Waals surface area contributed by atoms with Gasteiger partial charge in [0.15, 0.2) is 0 Å². The van der Waals surface area contributed by atoms with E-state index in [-0.39, 0.29) is 6.04 Å². The zero-order chi connectivity index (χ0) is 13.1. The molecule has 1 aromatic heterocycles. The maximum atomic E-state index is 6.09. The summed E-state index contributed by atoms with van der Waals surface area (Å²) < 4.78 is 5.46. The summed E-state index contributed by atoms with van der Waals surface area (Å²) in [5.74, 6) is 1.48. The molecule has 0 fully saturated rings. The van der Waals surface area contributed by atoms with Gasteiger partial charge in [-0.1, -0.05) is 23.2 Å². The van der Waals surface area contributed by atoms with Crippen molar-refractivity contribution in [3.8, 4) is 0 Å². The highest BCUT2D eigenvalue weighted by Gasteiger charge is 2.11. The fraction of sp³-hybridized carbons (Fsp3) is 0.308. The number of nitrogens with one attached hydrogen (secondary N) is 1. The lowest BCUT2D eigenvalue weighted by Gasteiger charge is -2.11. The van der Waals surface area contributed by atoms with Crippen LogP contribution in [-0.4, -0.2) is 4.98 Å². The maximum absolute atomic E-state index is 6.09. The van der Waals surface area contributed by atoms with Gasteiger partial charge in [0.2, 0.25) is 5.89 Å². The minimum atomic E-state index is 0.0220. The molecular weight excluding hydrogens is 271 g/mol. The Bertz CT molecular complexity index is 540. The van der Waals surface area contributed by atoms with Crippen LogP contribution in [0.3, 0.4) is 0 Å². The average molecular weight is 285 g/mol. The van der Waals surface area contributed by atoms with Crippen LogP contribution in [0.4, 0.5) is 0 Å². The van der Waals surface area contributed by atoms with Gasteiger partial charge in [0.1, 0.15) is 5.76 Å². The number of rotatable bonds is 4. The lowest BCUT2D eigenvalue weighted by atomic mass is 10.2. The first-order valence-corrected chi connectivity index (χ1v) is 6.41. The standard InChI is InChI=1S/C13H14Cl2N2O/c1-8-6-17-13(18-8)9(2)16-7-10-5-11(14)3-4-12(10)15/h3-6,9,16H,7H2,1-2H3. The zero-order valence-corrected chi connectivity index (χ0v) is 11.7. The second kappa shape index (κ2) is 5.74. The molecule has 1 N–H and O–H groups in total. The van der Waals surface area contributed by atoms with Gasteiger partial charge < -0.3 is 9.73 Å². The first-order chi connectivity index (χ1) is 8.56. The van der Waals surface area contributed by atoms with Gasteiger partial charge in [-0.2, -0.15) is 0 Å². The van der Waals surface area contributed by atoms with Crippen molar-refractivity contribution in [1.82, 2.24) is 10.3 Å². The molecule has 1 atom stereocenters. The SMILES string of the molecule is Cc1cnc(C(C)NCc2cc(Cl)ccc2Cl)o1. The summed E-state index contributed by atoms with van der Waals surface area (Å²) in [6.45, 7) is 4.47. The molecule has 1 unspecified atom stereocenters. The highest BCUT2D eigenvalue weighted by molar-refractivity contribution is 6.33. The van der Waals surface area contributed by atoms with E-state index in [9.17, 15) is 0 Å². The van der Waals surface area contributed by atoms with Crippen LogP contribution in [0.2, 0.25) is 10.0 Å². The Hall–Kier alpha value is -1.03. The van der Waals surface area contributed by atoms with Crippen LogP contribution in [0, 0.1) is 6.92 Å². The van der Waals surface area contributed by atoms with E-state index in [1.54, 1.807) is 18.3 Å². The molecular formula is C13H14Cl2N2O. The molecule has 2 rings (SSSR count). The number of aryl methyl sites for hydroxylation is 1. The molecule has 0 radical (unpaired) electrons. The quantitative estimate of drug-likeness (QED) is 0.917. The highest BCUT2D eigenvalue weighted by atomic mass is 35.5. The molecule has 3 nitrogen and oxygen atoms in total. The molecule has 0 saturated carbocycles. The third kappa shape index (κ3) is 3.25. The van der Waals surface area contributed by atoms with E-state index >= 15 is 0 Å². The Kier molecular flexibility index (Phi) is 4.27. The Morgan fingerprint density at radius 1 is 1.39 bits per heavy atom. The molecule has 96 valence electrons. The molecule has 5 heteroatoms. The second-order valence-corrected chi connectivity index (χ2v) is 4.99. The monoisotopic (exact) mass is 284 g/mol. The topological polar surface area (TPSA) is 38.1 Å². The van der Waals surface area contributed by atoms with Gasteiger partial charge in [0.05, 0.1) is 12.2 Å². The summed E-state index contributed by atoms with van der Waals surface area (Å²) in [5.41, 5.74) is 0.958. The van der Waals surface area contributed by atoms with Crippen molar-refractivity contribution in [3.05, 3.63) is 51.7 Å². The van der Waals surface area contributed by atoms with Crippen molar-refractivity contribution in [3.63, 3.8) is 0 Å². The van der Waals surface area contributed by atoms with Gasteiger partial charge in [-0.05, 0) is 37.6 Å². The van der Waals surface area contributed by atoms with Gasteiger partial charge in [-0.25, -0.2) is 4.98 Å². The Morgan fingerprint density at radius 3 is 2.83 bits per heavy atom. The van der Waals surface area contributed by atoms with E-state index in [2.05, 4.69) is 10.3 Å². The minimum absolute atomic E-state index is 0.0220. The van der Waals surface area contributed by atoms with E-state index in [0.717, 1.165) is 11.3 Å².